The molecular formula is C19H26N8O. The van der Waals surface area contributed by atoms with Gasteiger partial charge in [-0.2, -0.15) is 0 Å². The lowest BCUT2D eigenvalue weighted by Gasteiger charge is -2.31. The van der Waals surface area contributed by atoms with E-state index < -0.39 is 0 Å². The fraction of sp³-hybridized carbons (Fsp3) is 0.526. The topological polar surface area (TPSA) is 86.7 Å². The van der Waals surface area contributed by atoms with Crippen LogP contribution in [0.25, 0.3) is 0 Å². The Bertz CT molecular complexity index is 918. The summed E-state index contributed by atoms with van der Waals surface area (Å²) in [7, 11) is 0. The first kappa shape index (κ1) is 18.4. The third-order valence-electron chi connectivity index (χ3n) is 5.50. The van der Waals surface area contributed by atoms with Crippen LogP contribution < -0.4 is 0 Å². The zero-order valence-corrected chi connectivity index (χ0v) is 16.4. The molecule has 0 N–H and O–H groups in total. The lowest BCUT2D eigenvalue weighted by atomic mass is 9.95. The number of rotatable bonds is 6. The van der Waals surface area contributed by atoms with Gasteiger partial charge in [0, 0.05) is 50.3 Å². The molecule has 3 aromatic rings. The van der Waals surface area contributed by atoms with Crippen molar-refractivity contribution in [1.29, 1.82) is 0 Å². The molecule has 148 valence electrons. The molecule has 0 saturated carbocycles. The lowest BCUT2D eigenvalue weighted by Crippen LogP contribution is -2.40. The van der Waals surface area contributed by atoms with Gasteiger partial charge in [-0.05, 0) is 26.7 Å². The smallest absolute Gasteiger partial charge is 0.242 e. The fourth-order valence-corrected chi connectivity index (χ4v) is 3.86. The number of hydrogen-bond donors (Lipinski definition) is 0. The maximum atomic E-state index is 12.5. The second-order valence-electron chi connectivity index (χ2n) is 7.21. The van der Waals surface area contributed by atoms with E-state index in [1.807, 2.05) is 28.8 Å². The highest BCUT2D eigenvalue weighted by atomic mass is 16.2. The van der Waals surface area contributed by atoms with Gasteiger partial charge in [0.15, 0.2) is 5.82 Å². The summed E-state index contributed by atoms with van der Waals surface area (Å²) in [6.07, 6.45) is 10.8. The predicted octanol–water partition coefficient (Wildman–Crippen LogP) is 1.45. The lowest BCUT2D eigenvalue weighted by molar-refractivity contribution is -0.132. The van der Waals surface area contributed by atoms with Crippen molar-refractivity contribution in [2.75, 3.05) is 13.1 Å². The standard InChI is InChI=1S/C19H26N8O/c1-3-27-17(12-26-11-7-21-15(26)2)22-23-19(27)16-4-8-25(9-5-16)18(28)13-24-10-6-20-14-24/h6-7,10-11,14,16H,3-5,8-9,12-13H2,1-2H3. The third kappa shape index (κ3) is 3.69. The molecule has 28 heavy (non-hydrogen) atoms. The molecule has 0 aromatic carbocycles. The molecule has 4 rings (SSSR count). The summed E-state index contributed by atoms with van der Waals surface area (Å²) in [6, 6.07) is 0. The number of aromatic nitrogens is 7. The highest BCUT2D eigenvalue weighted by Crippen LogP contribution is 2.27. The molecule has 9 nitrogen and oxygen atoms in total. The van der Waals surface area contributed by atoms with Crippen molar-refractivity contribution >= 4 is 5.91 Å². The minimum absolute atomic E-state index is 0.143. The molecule has 0 bridgehead atoms. The number of amides is 1. The number of hydrogen-bond acceptors (Lipinski definition) is 5. The number of likely N-dealkylation sites (tertiary alicyclic amines) is 1. The number of nitrogens with zero attached hydrogens (tertiary/aromatic N) is 8. The summed E-state index contributed by atoms with van der Waals surface area (Å²) in [6.45, 7) is 7.49. The van der Waals surface area contributed by atoms with Crippen molar-refractivity contribution in [3.63, 3.8) is 0 Å². The first-order valence-corrected chi connectivity index (χ1v) is 9.79. The van der Waals surface area contributed by atoms with Crippen LogP contribution in [0, 0.1) is 6.92 Å². The predicted molar refractivity (Wildman–Crippen MR) is 103 cm³/mol. The van der Waals surface area contributed by atoms with E-state index >= 15 is 0 Å². The zero-order valence-electron chi connectivity index (χ0n) is 16.4. The van der Waals surface area contributed by atoms with Crippen LogP contribution in [0.3, 0.4) is 0 Å². The van der Waals surface area contributed by atoms with Crippen LogP contribution in [-0.2, 0) is 24.4 Å². The van der Waals surface area contributed by atoms with Crippen LogP contribution in [0.5, 0.6) is 0 Å². The van der Waals surface area contributed by atoms with E-state index in [4.69, 9.17) is 0 Å². The van der Waals surface area contributed by atoms with E-state index in [1.165, 1.54) is 0 Å². The van der Waals surface area contributed by atoms with Crippen LogP contribution >= 0.6 is 0 Å². The first-order chi connectivity index (χ1) is 13.7. The monoisotopic (exact) mass is 382 g/mol. The van der Waals surface area contributed by atoms with Gasteiger partial charge in [-0.25, -0.2) is 9.97 Å². The minimum Gasteiger partial charge on any atom is -0.341 e. The molecule has 0 unspecified atom stereocenters. The molecule has 1 aliphatic heterocycles. The number of carbonyl (C=O) groups is 1. The van der Waals surface area contributed by atoms with Gasteiger partial charge in [0.1, 0.15) is 18.2 Å². The summed E-state index contributed by atoms with van der Waals surface area (Å²) < 4.78 is 6.11. The highest BCUT2D eigenvalue weighted by Gasteiger charge is 2.28. The summed E-state index contributed by atoms with van der Waals surface area (Å²) in [5.41, 5.74) is 0. The molecule has 0 atom stereocenters. The van der Waals surface area contributed by atoms with E-state index in [1.54, 1.807) is 18.7 Å². The van der Waals surface area contributed by atoms with E-state index in [2.05, 4.69) is 36.2 Å². The SMILES string of the molecule is CCn1c(Cn2ccnc2C)nnc1C1CCN(C(=O)Cn2ccnc2)CC1. The van der Waals surface area contributed by atoms with Crippen LogP contribution in [0.15, 0.2) is 31.1 Å². The van der Waals surface area contributed by atoms with Crippen molar-refractivity contribution in [3.8, 4) is 0 Å². The Balaban J connectivity index is 1.40. The van der Waals surface area contributed by atoms with Gasteiger partial charge in [-0.1, -0.05) is 0 Å². The molecule has 4 heterocycles. The van der Waals surface area contributed by atoms with Crippen molar-refractivity contribution in [1.82, 2.24) is 38.8 Å². The molecular weight excluding hydrogens is 356 g/mol. The number of imidazole rings is 2. The van der Waals surface area contributed by atoms with Gasteiger partial charge >= 0.3 is 0 Å². The average Bonchev–Trinajstić information content (AvgIpc) is 3.44. The van der Waals surface area contributed by atoms with Gasteiger partial charge < -0.3 is 18.6 Å². The van der Waals surface area contributed by atoms with Crippen molar-refractivity contribution in [2.45, 2.75) is 52.2 Å². The molecule has 1 fully saturated rings. The Kier molecular flexibility index (Phi) is 5.23. The quantitative estimate of drug-likeness (QED) is 0.644. The Hall–Kier alpha value is -2.97. The van der Waals surface area contributed by atoms with Crippen molar-refractivity contribution < 1.29 is 4.79 Å². The largest absolute Gasteiger partial charge is 0.341 e. The van der Waals surface area contributed by atoms with Gasteiger partial charge in [0.2, 0.25) is 5.91 Å². The van der Waals surface area contributed by atoms with Crippen LogP contribution in [-0.4, -0.2) is 57.8 Å². The summed E-state index contributed by atoms with van der Waals surface area (Å²) in [5, 5.41) is 8.97. The van der Waals surface area contributed by atoms with Gasteiger partial charge in [-0.15, -0.1) is 10.2 Å². The van der Waals surface area contributed by atoms with Crippen molar-refractivity contribution in [3.05, 3.63) is 48.6 Å². The maximum absolute atomic E-state index is 12.5. The molecule has 1 aliphatic rings. The Labute approximate surface area is 164 Å². The van der Waals surface area contributed by atoms with Gasteiger partial charge in [-0.3, -0.25) is 4.79 Å². The molecule has 1 amide bonds. The fourth-order valence-electron chi connectivity index (χ4n) is 3.86. The minimum atomic E-state index is 0.143. The zero-order chi connectivity index (χ0) is 19.5. The average molecular weight is 382 g/mol. The molecule has 0 radical (unpaired) electrons. The summed E-state index contributed by atoms with van der Waals surface area (Å²) in [5.74, 6) is 3.44. The number of aryl methyl sites for hydroxylation is 1. The molecule has 0 spiro atoms. The maximum Gasteiger partial charge on any atom is 0.242 e. The number of carbonyl (C=O) groups excluding carboxylic acids is 1. The Morgan fingerprint density at radius 1 is 1.18 bits per heavy atom. The van der Waals surface area contributed by atoms with Gasteiger partial charge in [0.05, 0.1) is 12.9 Å². The van der Waals surface area contributed by atoms with E-state index in [0.29, 0.717) is 19.0 Å². The molecule has 3 aromatic heterocycles. The summed E-state index contributed by atoms with van der Waals surface area (Å²) in [4.78, 5) is 22.7. The molecule has 1 saturated heterocycles. The van der Waals surface area contributed by atoms with Crippen LogP contribution in [0.1, 0.15) is 43.2 Å². The Morgan fingerprint density at radius 3 is 2.64 bits per heavy atom. The highest BCUT2D eigenvalue weighted by molar-refractivity contribution is 5.76. The number of piperidine rings is 1. The molecule has 0 aliphatic carbocycles. The summed E-state index contributed by atoms with van der Waals surface area (Å²) >= 11 is 0. The Morgan fingerprint density at radius 2 is 2.00 bits per heavy atom. The first-order valence-electron chi connectivity index (χ1n) is 9.79. The second kappa shape index (κ2) is 7.95. The normalized spacial score (nSPS) is 15.3. The molecule has 9 heteroatoms. The van der Waals surface area contributed by atoms with Crippen molar-refractivity contribution in [2.24, 2.45) is 0 Å². The van der Waals surface area contributed by atoms with Crippen LogP contribution in [0.2, 0.25) is 0 Å². The van der Waals surface area contributed by atoms with E-state index in [0.717, 1.165) is 49.9 Å². The van der Waals surface area contributed by atoms with Crippen LogP contribution in [0.4, 0.5) is 0 Å². The second-order valence-corrected chi connectivity index (χ2v) is 7.21. The van der Waals surface area contributed by atoms with E-state index in [-0.39, 0.29) is 5.91 Å². The van der Waals surface area contributed by atoms with Gasteiger partial charge in [0.25, 0.3) is 0 Å². The third-order valence-corrected chi connectivity index (χ3v) is 5.50. The van der Waals surface area contributed by atoms with E-state index in [9.17, 15) is 4.79 Å².